The first-order valence-corrected chi connectivity index (χ1v) is 6.09. The molecule has 1 aromatic heterocycles. The highest BCUT2D eigenvalue weighted by Gasteiger charge is 2.11. The van der Waals surface area contributed by atoms with E-state index in [1.807, 2.05) is 36.7 Å². The predicted octanol–water partition coefficient (Wildman–Crippen LogP) is 3.19. The van der Waals surface area contributed by atoms with Crippen LogP contribution in [0.4, 0.5) is 0 Å². The van der Waals surface area contributed by atoms with Crippen LogP contribution in [0.3, 0.4) is 0 Å². The second kappa shape index (κ2) is 4.26. The van der Waals surface area contributed by atoms with Crippen molar-refractivity contribution in [3.8, 4) is 0 Å². The number of hydrogen-bond acceptors (Lipinski definition) is 2. The maximum Gasteiger partial charge on any atom is 0.140 e. The molecule has 3 heteroatoms. The van der Waals surface area contributed by atoms with Crippen LogP contribution in [0, 0.1) is 5.92 Å². The lowest BCUT2D eigenvalue weighted by molar-refractivity contribution is 0.919. The minimum absolute atomic E-state index is 0.329. The van der Waals surface area contributed by atoms with Crippen LogP contribution < -0.4 is 0 Å². The van der Waals surface area contributed by atoms with Gasteiger partial charge in [0, 0.05) is 31.0 Å². The molecule has 0 spiro atoms. The average Bonchev–Trinajstić information content (AvgIpc) is 2.56. The summed E-state index contributed by atoms with van der Waals surface area (Å²) in [5.41, 5.74) is 3.31. The Hall–Kier alpha value is -2.16. The average molecular weight is 237 g/mol. The maximum atomic E-state index is 4.70. The number of aliphatic imine (C=N–C) groups is 1. The molecule has 0 unspecified atom stereocenters. The fourth-order valence-corrected chi connectivity index (χ4v) is 2.24. The maximum absolute atomic E-state index is 4.70. The molecule has 1 atom stereocenters. The Labute approximate surface area is 106 Å². The van der Waals surface area contributed by atoms with E-state index < -0.39 is 0 Å². The molecule has 0 N–H and O–H groups in total. The van der Waals surface area contributed by atoms with Crippen LogP contribution in [-0.2, 0) is 7.05 Å². The highest BCUT2D eigenvalue weighted by Crippen LogP contribution is 2.23. The molecule has 0 radical (unpaired) electrons. The zero-order chi connectivity index (χ0) is 12.5. The van der Waals surface area contributed by atoms with E-state index in [0.717, 1.165) is 22.4 Å². The van der Waals surface area contributed by atoms with E-state index in [1.165, 1.54) is 0 Å². The molecule has 3 nitrogen and oxygen atoms in total. The lowest BCUT2D eigenvalue weighted by Crippen LogP contribution is -1.97. The van der Waals surface area contributed by atoms with E-state index in [1.54, 1.807) is 0 Å². The standard InChI is InChI=1S/C15H15N3/c1-11-9-12(7-8-16-10-11)15-17-13-5-3-4-6-14(13)18(15)2/h3-11H,1-2H3/t11-/m1/s1. The molecular weight excluding hydrogens is 222 g/mol. The molecule has 3 rings (SSSR count). The van der Waals surface area contributed by atoms with E-state index in [4.69, 9.17) is 4.98 Å². The Balaban J connectivity index is 2.17. The van der Waals surface area contributed by atoms with Crippen molar-refractivity contribution in [2.24, 2.45) is 18.0 Å². The molecular formula is C15H15N3. The number of fused-ring (bicyclic) bond motifs is 1. The summed E-state index contributed by atoms with van der Waals surface area (Å²) in [6.07, 6.45) is 7.97. The van der Waals surface area contributed by atoms with E-state index in [0.29, 0.717) is 5.92 Å². The van der Waals surface area contributed by atoms with Crippen LogP contribution in [0.5, 0.6) is 0 Å². The number of para-hydroxylation sites is 2. The highest BCUT2D eigenvalue weighted by atomic mass is 15.1. The van der Waals surface area contributed by atoms with E-state index in [9.17, 15) is 0 Å². The molecule has 0 saturated carbocycles. The second-order valence-corrected chi connectivity index (χ2v) is 4.58. The van der Waals surface area contributed by atoms with Gasteiger partial charge in [0.05, 0.1) is 11.0 Å². The van der Waals surface area contributed by atoms with Crippen LogP contribution in [0.15, 0.2) is 47.6 Å². The zero-order valence-electron chi connectivity index (χ0n) is 10.5. The van der Waals surface area contributed by atoms with Crippen molar-refractivity contribution >= 4 is 22.8 Å². The molecule has 2 heterocycles. The summed E-state index contributed by atoms with van der Waals surface area (Å²) in [4.78, 5) is 8.92. The Morgan fingerprint density at radius 3 is 2.89 bits per heavy atom. The van der Waals surface area contributed by atoms with E-state index in [-0.39, 0.29) is 0 Å². The number of aromatic nitrogens is 2. The van der Waals surface area contributed by atoms with Crippen molar-refractivity contribution in [2.45, 2.75) is 6.92 Å². The lowest BCUT2D eigenvalue weighted by Gasteiger charge is -2.04. The third-order valence-electron chi connectivity index (χ3n) is 3.15. The summed E-state index contributed by atoms with van der Waals surface area (Å²) in [6.45, 7) is 2.12. The van der Waals surface area contributed by atoms with Crippen molar-refractivity contribution in [3.63, 3.8) is 0 Å². The Morgan fingerprint density at radius 2 is 2.06 bits per heavy atom. The molecule has 0 amide bonds. The number of rotatable bonds is 1. The number of hydrogen-bond donors (Lipinski definition) is 0. The normalized spacial score (nSPS) is 19.0. The van der Waals surface area contributed by atoms with Gasteiger partial charge in [-0.05, 0) is 18.2 Å². The van der Waals surface area contributed by atoms with E-state index >= 15 is 0 Å². The van der Waals surface area contributed by atoms with Gasteiger partial charge in [-0.15, -0.1) is 0 Å². The van der Waals surface area contributed by atoms with Gasteiger partial charge in [0.1, 0.15) is 5.82 Å². The summed E-state index contributed by atoms with van der Waals surface area (Å²) in [5.74, 6) is 1.32. The summed E-state index contributed by atoms with van der Waals surface area (Å²) in [7, 11) is 2.05. The predicted molar refractivity (Wildman–Crippen MR) is 75.5 cm³/mol. The van der Waals surface area contributed by atoms with Gasteiger partial charge < -0.3 is 4.57 Å². The summed E-state index contributed by atoms with van der Waals surface area (Å²) in [6, 6.07) is 8.19. The number of imidazole rings is 1. The van der Waals surface area contributed by atoms with Crippen LogP contribution in [-0.4, -0.2) is 15.8 Å². The topological polar surface area (TPSA) is 30.2 Å². The molecule has 0 aliphatic carbocycles. The van der Waals surface area contributed by atoms with Crippen LogP contribution in [0.1, 0.15) is 12.7 Å². The van der Waals surface area contributed by atoms with Crippen LogP contribution >= 0.6 is 0 Å². The van der Waals surface area contributed by atoms with Crippen LogP contribution in [0.2, 0.25) is 0 Å². The fraction of sp³-hybridized carbons (Fsp3) is 0.200. The van der Waals surface area contributed by atoms with Crippen LogP contribution in [0.25, 0.3) is 16.6 Å². The molecule has 1 aromatic carbocycles. The van der Waals surface area contributed by atoms with Gasteiger partial charge in [-0.25, -0.2) is 4.98 Å². The number of aryl methyl sites for hydroxylation is 1. The van der Waals surface area contributed by atoms with Crippen molar-refractivity contribution in [1.29, 1.82) is 0 Å². The lowest BCUT2D eigenvalue weighted by atomic mass is 10.1. The first kappa shape index (κ1) is 11.0. The minimum atomic E-state index is 0.329. The zero-order valence-corrected chi connectivity index (χ0v) is 10.5. The minimum Gasteiger partial charge on any atom is -0.327 e. The first-order valence-electron chi connectivity index (χ1n) is 6.09. The van der Waals surface area contributed by atoms with Crippen molar-refractivity contribution in [3.05, 3.63) is 48.4 Å². The third kappa shape index (κ3) is 1.78. The molecule has 0 saturated heterocycles. The molecule has 1 aliphatic rings. The van der Waals surface area contributed by atoms with Crippen molar-refractivity contribution in [2.75, 3.05) is 0 Å². The molecule has 2 aromatic rings. The van der Waals surface area contributed by atoms with Gasteiger partial charge in [0.2, 0.25) is 0 Å². The second-order valence-electron chi connectivity index (χ2n) is 4.58. The van der Waals surface area contributed by atoms with E-state index in [2.05, 4.69) is 35.7 Å². The quantitative estimate of drug-likeness (QED) is 0.749. The molecule has 0 fully saturated rings. The highest BCUT2D eigenvalue weighted by molar-refractivity contribution is 5.83. The Kier molecular flexibility index (Phi) is 2.59. The Morgan fingerprint density at radius 1 is 1.22 bits per heavy atom. The summed E-state index contributed by atoms with van der Waals surface area (Å²) in [5, 5.41) is 0. The molecule has 0 bridgehead atoms. The first-order chi connectivity index (χ1) is 8.75. The summed E-state index contributed by atoms with van der Waals surface area (Å²) < 4.78 is 2.13. The van der Waals surface area contributed by atoms with Crippen molar-refractivity contribution < 1.29 is 0 Å². The number of benzene rings is 1. The molecule has 1 aliphatic heterocycles. The van der Waals surface area contributed by atoms with Crippen molar-refractivity contribution in [1.82, 2.24) is 9.55 Å². The third-order valence-corrected chi connectivity index (χ3v) is 3.15. The largest absolute Gasteiger partial charge is 0.327 e. The Bertz CT molecular complexity index is 674. The molecule has 90 valence electrons. The monoisotopic (exact) mass is 237 g/mol. The number of nitrogens with zero attached hydrogens (tertiary/aromatic N) is 3. The fourth-order valence-electron chi connectivity index (χ4n) is 2.24. The van der Waals surface area contributed by atoms with Gasteiger partial charge in [0.25, 0.3) is 0 Å². The van der Waals surface area contributed by atoms with Gasteiger partial charge in [-0.2, -0.15) is 0 Å². The SMILES string of the molecule is C[C@H]1C=NC=CC(c2nc3ccccc3n2C)=C1. The smallest absolute Gasteiger partial charge is 0.140 e. The van der Waals surface area contributed by atoms with Gasteiger partial charge in [0.15, 0.2) is 0 Å². The van der Waals surface area contributed by atoms with Gasteiger partial charge in [-0.3, -0.25) is 4.99 Å². The van der Waals surface area contributed by atoms with Gasteiger partial charge in [-0.1, -0.05) is 25.1 Å². The summed E-state index contributed by atoms with van der Waals surface area (Å²) >= 11 is 0. The number of allylic oxidation sites excluding steroid dienone is 3. The van der Waals surface area contributed by atoms with Gasteiger partial charge >= 0.3 is 0 Å². The molecule has 18 heavy (non-hydrogen) atoms.